The number of carbonyl (C=O) groups is 2. The third-order valence-electron chi connectivity index (χ3n) is 1.78. The lowest BCUT2D eigenvalue weighted by Gasteiger charge is -2.04. The second-order valence-electron chi connectivity index (χ2n) is 2.87. The predicted octanol–water partition coefficient (Wildman–Crippen LogP) is 2.21. The predicted molar refractivity (Wildman–Crippen MR) is 52.4 cm³/mol. The average molecular weight is 211 g/mol. The molecule has 80 valence electrons. The number of methoxy groups -OCH3 is 1. The Morgan fingerprint density at radius 2 is 2.07 bits per heavy atom. The number of hydrogen-bond acceptors (Lipinski definition) is 3. The van der Waals surface area contributed by atoms with Crippen molar-refractivity contribution in [2.45, 2.75) is 6.92 Å². The Kier molecular flexibility index (Phi) is 3.38. The second kappa shape index (κ2) is 4.54. The molecule has 0 radical (unpaired) electrons. The zero-order chi connectivity index (χ0) is 11.4. The van der Waals surface area contributed by atoms with Gasteiger partial charge in [-0.25, -0.2) is 9.18 Å². The van der Waals surface area contributed by atoms with E-state index in [1.165, 1.54) is 26.2 Å². The maximum Gasteiger partial charge on any atom is 0.411 e. The van der Waals surface area contributed by atoms with Crippen LogP contribution in [0.1, 0.15) is 17.3 Å². The molecule has 1 N–H and O–H groups in total. The Labute approximate surface area is 86.0 Å². The van der Waals surface area contributed by atoms with E-state index in [0.717, 1.165) is 6.07 Å². The lowest BCUT2D eigenvalue weighted by Crippen LogP contribution is -2.11. The Bertz CT molecular complexity index is 404. The molecule has 1 amide bonds. The summed E-state index contributed by atoms with van der Waals surface area (Å²) in [4.78, 5) is 21.7. The highest BCUT2D eigenvalue weighted by Crippen LogP contribution is 2.15. The van der Waals surface area contributed by atoms with Crippen molar-refractivity contribution in [3.8, 4) is 0 Å². The van der Waals surface area contributed by atoms with Gasteiger partial charge in [0.1, 0.15) is 5.82 Å². The zero-order valence-corrected chi connectivity index (χ0v) is 8.33. The molecule has 0 atom stereocenters. The van der Waals surface area contributed by atoms with Crippen LogP contribution in [0.4, 0.5) is 14.9 Å². The molecular weight excluding hydrogens is 201 g/mol. The first kappa shape index (κ1) is 11.2. The topological polar surface area (TPSA) is 55.4 Å². The van der Waals surface area contributed by atoms with Gasteiger partial charge >= 0.3 is 6.09 Å². The number of halogens is 1. The van der Waals surface area contributed by atoms with Crippen molar-refractivity contribution in [2.24, 2.45) is 0 Å². The van der Waals surface area contributed by atoms with Crippen LogP contribution in [0.3, 0.4) is 0 Å². The molecule has 0 saturated heterocycles. The summed E-state index contributed by atoms with van der Waals surface area (Å²) in [6.07, 6.45) is -0.690. The maximum absolute atomic E-state index is 13.2. The molecule has 1 rings (SSSR count). The van der Waals surface area contributed by atoms with Crippen LogP contribution >= 0.6 is 0 Å². The standard InChI is InChI=1S/C10H10FNO3/c1-6(13)8-4-3-7(5-9(8)11)12-10(14)15-2/h3-5H,1-2H3,(H,12,14). The highest BCUT2D eigenvalue weighted by atomic mass is 19.1. The summed E-state index contributed by atoms with van der Waals surface area (Å²) in [6.45, 7) is 1.27. The Morgan fingerprint density at radius 1 is 1.40 bits per heavy atom. The smallest absolute Gasteiger partial charge is 0.411 e. The summed E-state index contributed by atoms with van der Waals surface area (Å²) in [5, 5.41) is 2.29. The van der Waals surface area contributed by atoms with Crippen LogP contribution in [0.15, 0.2) is 18.2 Å². The first-order chi connectivity index (χ1) is 7.04. The minimum Gasteiger partial charge on any atom is -0.453 e. The second-order valence-corrected chi connectivity index (χ2v) is 2.87. The minimum atomic E-state index is -0.690. The number of anilines is 1. The monoisotopic (exact) mass is 211 g/mol. The van der Waals surface area contributed by atoms with Crippen molar-refractivity contribution in [1.29, 1.82) is 0 Å². The number of nitrogens with one attached hydrogen (secondary N) is 1. The summed E-state index contributed by atoms with van der Waals surface area (Å²) in [5.41, 5.74) is 0.231. The third-order valence-corrected chi connectivity index (χ3v) is 1.78. The van der Waals surface area contributed by atoms with Gasteiger partial charge in [0.15, 0.2) is 5.78 Å². The molecule has 0 fully saturated rings. The summed E-state index contributed by atoms with van der Waals surface area (Å²) in [6, 6.07) is 3.80. The molecule has 1 aromatic rings. The number of amides is 1. The van der Waals surface area contributed by atoms with Crippen LogP contribution < -0.4 is 5.32 Å². The van der Waals surface area contributed by atoms with Gasteiger partial charge in [-0.1, -0.05) is 0 Å². The number of carbonyl (C=O) groups excluding carboxylic acids is 2. The van der Waals surface area contributed by atoms with Gasteiger partial charge in [0.05, 0.1) is 12.7 Å². The van der Waals surface area contributed by atoms with Gasteiger partial charge in [-0.3, -0.25) is 10.1 Å². The summed E-state index contributed by atoms with van der Waals surface area (Å²) in [7, 11) is 1.20. The van der Waals surface area contributed by atoms with Crippen LogP contribution in [-0.2, 0) is 4.74 Å². The number of benzene rings is 1. The van der Waals surface area contributed by atoms with Crippen molar-refractivity contribution >= 4 is 17.6 Å². The van der Waals surface area contributed by atoms with Crippen molar-refractivity contribution in [3.05, 3.63) is 29.6 Å². The maximum atomic E-state index is 13.2. The molecule has 0 spiro atoms. The number of rotatable bonds is 2. The highest BCUT2D eigenvalue weighted by Gasteiger charge is 2.08. The van der Waals surface area contributed by atoms with E-state index >= 15 is 0 Å². The van der Waals surface area contributed by atoms with Crippen LogP contribution in [0, 0.1) is 5.82 Å². The molecule has 5 heteroatoms. The fourth-order valence-corrected chi connectivity index (χ4v) is 1.05. The number of hydrogen-bond donors (Lipinski definition) is 1. The Hall–Kier alpha value is -1.91. The molecular formula is C10H10FNO3. The van der Waals surface area contributed by atoms with E-state index in [1.807, 2.05) is 0 Å². The fraction of sp³-hybridized carbons (Fsp3) is 0.200. The van der Waals surface area contributed by atoms with Gasteiger partial charge in [-0.15, -0.1) is 0 Å². The van der Waals surface area contributed by atoms with Crippen LogP contribution in [0.5, 0.6) is 0 Å². The zero-order valence-electron chi connectivity index (χ0n) is 8.33. The van der Waals surface area contributed by atoms with Crippen molar-refractivity contribution in [3.63, 3.8) is 0 Å². The molecule has 1 aromatic carbocycles. The van der Waals surface area contributed by atoms with E-state index in [4.69, 9.17) is 0 Å². The highest BCUT2D eigenvalue weighted by molar-refractivity contribution is 5.95. The molecule has 0 aliphatic heterocycles. The van der Waals surface area contributed by atoms with Gasteiger partial charge in [-0.2, -0.15) is 0 Å². The van der Waals surface area contributed by atoms with E-state index in [9.17, 15) is 14.0 Å². The largest absolute Gasteiger partial charge is 0.453 e. The summed E-state index contributed by atoms with van der Waals surface area (Å²) >= 11 is 0. The average Bonchev–Trinajstić information content (AvgIpc) is 2.17. The first-order valence-electron chi connectivity index (χ1n) is 4.20. The molecule has 15 heavy (non-hydrogen) atoms. The fourth-order valence-electron chi connectivity index (χ4n) is 1.05. The number of ketones is 1. The Balaban J connectivity index is 2.91. The molecule has 0 saturated carbocycles. The Morgan fingerprint density at radius 3 is 2.53 bits per heavy atom. The number of ether oxygens (including phenoxy) is 1. The molecule has 0 heterocycles. The van der Waals surface area contributed by atoms with E-state index in [0.29, 0.717) is 0 Å². The van der Waals surface area contributed by atoms with Crippen molar-refractivity contribution < 1.29 is 18.7 Å². The van der Waals surface area contributed by atoms with Gasteiger partial charge in [-0.05, 0) is 25.1 Å². The molecule has 0 aromatic heterocycles. The lowest BCUT2D eigenvalue weighted by atomic mass is 10.1. The first-order valence-corrected chi connectivity index (χ1v) is 4.20. The van der Waals surface area contributed by atoms with Gasteiger partial charge in [0, 0.05) is 5.69 Å². The van der Waals surface area contributed by atoms with Gasteiger partial charge in [0.25, 0.3) is 0 Å². The van der Waals surface area contributed by atoms with Crippen LogP contribution in [-0.4, -0.2) is 19.0 Å². The molecule has 0 aliphatic carbocycles. The number of Topliss-reactive ketones (excluding diaryl/α,β-unsaturated/α-hetero) is 1. The summed E-state index contributed by atoms with van der Waals surface area (Å²) in [5.74, 6) is -1.03. The van der Waals surface area contributed by atoms with E-state index in [1.54, 1.807) is 0 Å². The van der Waals surface area contributed by atoms with Crippen molar-refractivity contribution in [1.82, 2.24) is 0 Å². The van der Waals surface area contributed by atoms with Crippen LogP contribution in [0.2, 0.25) is 0 Å². The van der Waals surface area contributed by atoms with E-state index in [2.05, 4.69) is 10.1 Å². The molecule has 4 nitrogen and oxygen atoms in total. The summed E-state index contributed by atoms with van der Waals surface area (Å²) < 4.78 is 17.6. The minimum absolute atomic E-state index is 0.00887. The van der Waals surface area contributed by atoms with Gasteiger partial charge in [0.2, 0.25) is 0 Å². The third kappa shape index (κ3) is 2.77. The van der Waals surface area contributed by atoms with Crippen LogP contribution in [0.25, 0.3) is 0 Å². The molecule has 0 aliphatic rings. The quantitative estimate of drug-likeness (QED) is 0.763. The molecule has 0 bridgehead atoms. The van der Waals surface area contributed by atoms with Gasteiger partial charge < -0.3 is 4.74 Å². The lowest BCUT2D eigenvalue weighted by molar-refractivity contribution is 0.101. The van der Waals surface area contributed by atoms with E-state index < -0.39 is 11.9 Å². The molecule has 0 unspecified atom stereocenters. The van der Waals surface area contributed by atoms with Crippen molar-refractivity contribution in [2.75, 3.05) is 12.4 Å². The van der Waals surface area contributed by atoms with E-state index in [-0.39, 0.29) is 17.0 Å². The normalized spacial score (nSPS) is 9.53. The SMILES string of the molecule is COC(=O)Nc1ccc(C(C)=O)c(F)c1.